The number of amides is 2. The van der Waals surface area contributed by atoms with Crippen LogP contribution in [0.1, 0.15) is 12.8 Å². The van der Waals surface area contributed by atoms with Gasteiger partial charge in [-0.05, 0) is 25.0 Å². The van der Waals surface area contributed by atoms with Gasteiger partial charge < -0.3 is 15.3 Å². The van der Waals surface area contributed by atoms with E-state index in [-0.39, 0.29) is 19.4 Å². The van der Waals surface area contributed by atoms with Crippen molar-refractivity contribution in [3.63, 3.8) is 0 Å². The van der Waals surface area contributed by atoms with Gasteiger partial charge in [-0.2, -0.15) is 0 Å². The smallest absolute Gasteiger partial charge is 0.307 e. The van der Waals surface area contributed by atoms with E-state index in [0.29, 0.717) is 0 Å². The Morgan fingerprint density at radius 2 is 1.87 bits per heavy atom. The molecule has 0 aromatic heterocycles. The second-order valence-electron chi connectivity index (χ2n) is 5.70. The van der Waals surface area contributed by atoms with E-state index >= 15 is 0 Å². The molecule has 6 nitrogen and oxygen atoms in total. The second-order valence-corrected chi connectivity index (χ2v) is 5.70. The molecule has 2 N–H and O–H groups in total. The lowest BCUT2D eigenvalue weighted by Gasteiger charge is -2.18. The number of anilines is 1. The first-order valence-corrected chi connectivity index (χ1v) is 7.18. The molecule has 23 heavy (non-hydrogen) atoms. The lowest BCUT2D eigenvalue weighted by molar-refractivity contribution is -0.140. The van der Waals surface area contributed by atoms with Gasteiger partial charge in [0.1, 0.15) is 23.4 Å². The summed E-state index contributed by atoms with van der Waals surface area (Å²) in [6, 6.07) is 2.42. The van der Waals surface area contributed by atoms with Crippen molar-refractivity contribution >= 4 is 23.5 Å². The van der Waals surface area contributed by atoms with Gasteiger partial charge in [-0.25, -0.2) is 8.78 Å². The fourth-order valence-electron chi connectivity index (χ4n) is 2.82. The fraction of sp³-hybridized carbons (Fsp3) is 0.400. The minimum atomic E-state index is -1.04. The zero-order valence-electron chi connectivity index (χ0n) is 12.0. The monoisotopic (exact) mass is 324 g/mol. The second kappa shape index (κ2) is 5.60. The topological polar surface area (TPSA) is 86.7 Å². The Balaban J connectivity index is 1.68. The number of aliphatic carboxylic acids is 1. The molecule has 3 rings (SSSR count). The Morgan fingerprint density at radius 1 is 1.22 bits per heavy atom. The molecule has 0 bridgehead atoms. The molecule has 0 radical (unpaired) electrons. The summed E-state index contributed by atoms with van der Waals surface area (Å²) in [6.07, 6.45) is 0.455. The molecule has 3 unspecified atom stereocenters. The maximum Gasteiger partial charge on any atom is 0.307 e. The number of nitrogens with zero attached hydrogens (tertiary/aromatic N) is 1. The Bertz CT molecular complexity index is 674. The number of hydrogen-bond acceptors (Lipinski definition) is 3. The lowest BCUT2D eigenvalue weighted by Crippen LogP contribution is -2.42. The molecule has 2 aliphatic rings. The Labute approximate surface area is 130 Å². The summed E-state index contributed by atoms with van der Waals surface area (Å²) < 4.78 is 27.5. The van der Waals surface area contributed by atoms with Crippen LogP contribution in [0.15, 0.2) is 18.2 Å². The maximum absolute atomic E-state index is 13.8. The van der Waals surface area contributed by atoms with Gasteiger partial charge in [0.05, 0.1) is 11.8 Å². The molecule has 122 valence electrons. The Hall–Kier alpha value is -2.51. The number of nitrogens with one attached hydrogen (secondary N) is 1. The van der Waals surface area contributed by atoms with Crippen LogP contribution in [0.4, 0.5) is 14.5 Å². The number of carbonyl (C=O) groups excluding carboxylic acids is 2. The van der Waals surface area contributed by atoms with Crippen molar-refractivity contribution in [2.24, 2.45) is 11.8 Å². The normalized spacial score (nSPS) is 26.3. The molecule has 1 saturated heterocycles. The number of hydrogen-bond donors (Lipinski definition) is 2. The summed E-state index contributed by atoms with van der Waals surface area (Å²) in [6.45, 7) is 0.0780. The fourth-order valence-corrected chi connectivity index (χ4v) is 2.82. The third-order valence-corrected chi connectivity index (χ3v) is 4.17. The number of para-hydroxylation sites is 1. The van der Waals surface area contributed by atoms with Gasteiger partial charge in [0.2, 0.25) is 11.8 Å². The molecule has 1 aromatic rings. The highest BCUT2D eigenvalue weighted by Gasteiger charge is 2.49. The predicted molar refractivity (Wildman–Crippen MR) is 74.5 cm³/mol. The largest absolute Gasteiger partial charge is 0.481 e. The molecule has 3 atom stereocenters. The van der Waals surface area contributed by atoms with Crippen molar-refractivity contribution < 1.29 is 28.3 Å². The molecule has 1 aliphatic heterocycles. The third kappa shape index (κ3) is 2.76. The summed E-state index contributed by atoms with van der Waals surface area (Å²) in [4.78, 5) is 35.9. The predicted octanol–water partition coefficient (Wildman–Crippen LogP) is 0.907. The highest BCUT2D eigenvalue weighted by Crippen LogP contribution is 2.39. The zero-order valence-corrected chi connectivity index (χ0v) is 12.0. The van der Waals surface area contributed by atoms with Crippen molar-refractivity contribution in [3.05, 3.63) is 29.8 Å². The van der Waals surface area contributed by atoms with Crippen LogP contribution in [0.3, 0.4) is 0 Å². The van der Waals surface area contributed by atoms with Crippen LogP contribution in [0.5, 0.6) is 0 Å². The van der Waals surface area contributed by atoms with E-state index < -0.39 is 53.0 Å². The van der Waals surface area contributed by atoms with Crippen LogP contribution in [-0.2, 0) is 14.4 Å². The maximum atomic E-state index is 13.8. The van der Waals surface area contributed by atoms with Crippen LogP contribution in [0.25, 0.3) is 0 Å². The van der Waals surface area contributed by atoms with E-state index in [4.69, 9.17) is 5.11 Å². The third-order valence-electron chi connectivity index (χ3n) is 4.17. The van der Waals surface area contributed by atoms with E-state index in [1.54, 1.807) is 0 Å². The summed E-state index contributed by atoms with van der Waals surface area (Å²) in [5.74, 6) is -5.21. The van der Waals surface area contributed by atoms with E-state index in [0.717, 1.165) is 17.0 Å². The number of carboxylic acid groups (broad SMARTS) is 1. The Kier molecular flexibility index (Phi) is 3.75. The van der Waals surface area contributed by atoms with Gasteiger partial charge >= 0.3 is 5.97 Å². The van der Waals surface area contributed by atoms with Crippen LogP contribution >= 0.6 is 0 Å². The van der Waals surface area contributed by atoms with Crippen molar-refractivity contribution in [1.82, 2.24) is 5.32 Å². The summed E-state index contributed by atoms with van der Waals surface area (Å²) in [5.41, 5.74) is -0.427. The summed E-state index contributed by atoms with van der Waals surface area (Å²) >= 11 is 0. The molecule has 1 aromatic carbocycles. The molecule has 1 heterocycles. The van der Waals surface area contributed by atoms with Crippen molar-refractivity contribution in [2.45, 2.75) is 18.9 Å². The van der Waals surface area contributed by atoms with E-state index in [9.17, 15) is 23.2 Å². The van der Waals surface area contributed by atoms with E-state index in [2.05, 4.69) is 5.32 Å². The number of halogens is 2. The lowest BCUT2D eigenvalue weighted by atomic mass is 10.2. The number of benzene rings is 1. The molecule has 0 spiro atoms. The van der Waals surface area contributed by atoms with Gasteiger partial charge in [0.15, 0.2) is 0 Å². The zero-order chi connectivity index (χ0) is 16.7. The number of rotatable bonds is 4. The molecule has 1 saturated carbocycles. The average Bonchev–Trinajstić information content (AvgIpc) is 3.22. The quantitative estimate of drug-likeness (QED) is 0.862. The number of carboxylic acids is 1. The van der Waals surface area contributed by atoms with Crippen LogP contribution in [-0.4, -0.2) is 35.5 Å². The molecule has 8 heteroatoms. The van der Waals surface area contributed by atoms with Gasteiger partial charge in [-0.1, -0.05) is 6.07 Å². The molecule has 1 aliphatic carbocycles. The van der Waals surface area contributed by atoms with Crippen LogP contribution in [0, 0.1) is 23.5 Å². The average molecular weight is 324 g/mol. The highest BCUT2D eigenvalue weighted by molar-refractivity contribution is 6.02. The Morgan fingerprint density at radius 3 is 2.43 bits per heavy atom. The van der Waals surface area contributed by atoms with Crippen molar-refractivity contribution in [2.75, 3.05) is 11.4 Å². The number of carbonyl (C=O) groups is 3. The van der Waals surface area contributed by atoms with E-state index in [1.807, 2.05) is 0 Å². The summed E-state index contributed by atoms with van der Waals surface area (Å²) in [5, 5.41) is 11.3. The van der Waals surface area contributed by atoms with E-state index in [1.165, 1.54) is 6.07 Å². The highest BCUT2D eigenvalue weighted by atomic mass is 19.1. The van der Waals surface area contributed by atoms with Crippen LogP contribution < -0.4 is 10.2 Å². The van der Waals surface area contributed by atoms with Crippen LogP contribution in [0.2, 0.25) is 0 Å². The van der Waals surface area contributed by atoms with Crippen molar-refractivity contribution in [1.29, 1.82) is 0 Å². The first-order valence-electron chi connectivity index (χ1n) is 7.18. The first kappa shape index (κ1) is 15.4. The molecule has 2 fully saturated rings. The minimum Gasteiger partial charge on any atom is -0.481 e. The molecular formula is C15H14F2N2O4. The SMILES string of the molecule is O=C(O)C1CC1C(=O)NC1CCN(c2c(F)cccc2F)C1=O. The van der Waals surface area contributed by atoms with Crippen molar-refractivity contribution in [3.8, 4) is 0 Å². The van der Waals surface area contributed by atoms with Gasteiger partial charge in [-0.3, -0.25) is 14.4 Å². The van der Waals surface area contributed by atoms with Gasteiger partial charge in [0.25, 0.3) is 0 Å². The van der Waals surface area contributed by atoms with Gasteiger partial charge in [-0.15, -0.1) is 0 Å². The molecule has 2 amide bonds. The molecular weight excluding hydrogens is 310 g/mol. The van der Waals surface area contributed by atoms with Gasteiger partial charge in [0, 0.05) is 6.54 Å². The minimum absolute atomic E-state index is 0.0780. The standard InChI is InChI=1S/C15H14F2N2O4/c16-9-2-1-3-10(17)12(9)19-5-4-11(14(19)21)18-13(20)7-6-8(7)15(22)23/h1-3,7-8,11H,4-6H2,(H,18,20)(H,22,23). The first-order chi connectivity index (χ1) is 10.9. The summed E-state index contributed by atoms with van der Waals surface area (Å²) in [7, 11) is 0.